The molecule has 1 atom stereocenters. The smallest absolute Gasteiger partial charge is 0.311 e. The topological polar surface area (TPSA) is 72.5 Å². The van der Waals surface area contributed by atoms with E-state index in [4.69, 9.17) is 15.6 Å². The molecule has 0 aromatic carbocycles. The highest BCUT2D eigenvalue weighted by Crippen LogP contribution is 2.27. The number of rotatable bonds is 5. The number of carbonyl (C=O) groups excluding carboxylic acids is 1. The molecule has 0 amide bonds. The molecule has 0 aromatic heterocycles. The van der Waals surface area contributed by atoms with Crippen LogP contribution in [-0.2, 0) is 9.53 Å². The van der Waals surface area contributed by atoms with Gasteiger partial charge in [0.2, 0.25) is 0 Å². The molecule has 1 unspecified atom stereocenters. The maximum Gasteiger partial charge on any atom is 0.311 e. The Balaban J connectivity index is 0. The Hall–Kier alpha value is -0.610. The Bertz CT molecular complexity index is 191. The maximum absolute atomic E-state index is 11.6. The second-order valence-corrected chi connectivity index (χ2v) is 4.42. The van der Waals surface area contributed by atoms with Crippen LogP contribution in [-0.4, -0.2) is 30.3 Å². The number of aliphatic hydroxyl groups excluding tert-OH is 1. The summed E-state index contributed by atoms with van der Waals surface area (Å²) in [5.74, 6) is -0.0586. The average Bonchev–Trinajstić information content (AvgIpc) is 2.27. The number of esters is 1. The molecule has 0 heterocycles. The van der Waals surface area contributed by atoms with E-state index in [9.17, 15) is 4.79 Å². The predicted molar refractivity (Wildman–Crippen MR) is 66.0 cm³/mol. The number of hydrogen-bond acceptors (Lipinski definition) is 4. The molecule has 0 fully saturated rings. The monoisotopic (exact) mass is 233 g/mol. The first kappa shape index (κ1) is 17.8. The summed E-state index contributed by atoms with van der Waals surface area (Å²) in [5.41, 5.74) is 4.91. The molecule has 98 valence electrons. The Morgan fingerprint density at radius 1 is 1.38 bits per heavy atom. The zero-order valence-electron chi connectivity index (χ0n) is 11.4. The van der Waals surface area contributed by atoms with Gasteiger partial charge >= 0.3 is 5.97 Å². The van der Waals surface area contributed by atoms with Gasteiger partial charge in [0.25, 0.3) is 0 Å². The summed E-state index contributed by atoms with van der Waals surface area (Å²) >= 11 is 0. The van der Waals surface area contributed by atoms with Crippen molar-refractivity contribution >= 4 is 5.97 Å². The Morgan fingerprint density at radius 2 is 1.81 bits per heavy atom. The summed E-state index contributed by atoms with van der Waals surface area (Å²) in [6.45, 7) is 11.5. The molecule has 0 saturated carbocycles. The van der Waals surface area contributed by atoms with Crippen LogP contribution in [0.15, 0.2) is 0 Å². The van der Waals surface area contributed by atoms with Gasteiger partial charge in [0.15, 0.2) is 0 Å². The molecular formula is C12H27NO3. The first-order chi connectivity index (χ1) is 7.32. The summed E-state index contributed by atoms with van der Waals surface area (Å²) in [5, 5.41) is 8.64. The van der Waals surface area contributed by atoms with E-state index in [1.165, 1.54) is 0 Å². The predicted octanol–water partition coefficient (Wildman–Crippen LogP) is 1.56. The second kappa shape index (κ2) is 8.53. The third-order valence-electron chi connectivity index (χ3n) is 2.63. The highest BCUT2D eigenvalue weighted by atomic mass is 16.5. The summed E-state index contributed by atoms with van der Waals surface area (Å²) in [4.78, 5) is 11.6. The molecule has 0 aliphatic rings. The third kappa shape index (κ3) is 6.08. The van der Waals surface area contributed by atoms with Gasteiger partial charge in [-0.05, 0) is 19.8 Å². The molecule has 4 nitrogen and oxygen atoms in total. The summed E-state index contributed by atoms with van der Waals surface area (Å²) < 4.78 is 5.00. The van der Waals surface area contributed by atoms with E-state index in [1.807, 2.05) is 41.5 Å². The van der Waals surface area contributed by atoms with Gasteiger partial charge in [-0.1, -0.05) is 27.7 Å². The summed E-state index contributed by atoms with van der Waals surface area (Å²) in [6, 6.07) is -0.484. The van der Waals surface area contributed by atoms with Gasteiger partial charge in [-0.3, -0.25) is 4.79 Å². The first-order valence-electron chi connectivity index (χ1n) is 5.86. The van der Waals surface area contributed by atoms with Crippen molar-refractivity contribution in [2.24, 2.45) is 17.1 Å². The lowest BCUT2D eigenvalue weighted by Gasteiger charge is -2.27. The van der Waals surface area contributed by atoms with E-state index in [2.05, 4.69) is 0 Å². The van der Waals surface area contributed by atoms with E-state index in [0.717, 1.165) is 0 Å². The number of nitrogens with two attached hydrogens (primary N) is 1. The molecule has 0 radical (unpaired) electrons. The van der Waals surface area contributed by atoms with Gasteiger partial charge in [0.1, 0.15) is 6.61 Å². The normalized spacial score (nSPS) is 12.8. The van der Waals surface area contributed by atoms with E-state index < -0.39 is 11.5 Å². The fourth-order valence-corrected chi connectivity index (χ4v) is 0.657. The summed E-state index contributed by atoms with van der Waals surface area (Å²) in [6.07, 6.45) is 0. The molecule has 0 saturated heterocycles. The van der Waals surface area contributed by atoms with Crippen LogP contribution < -0.4 is 5.73 Å². The van der Waals surface area contributed by atoms with Gasteiger partial charge in [0.05, 0.1) is 18.1 Å². The third-order valence-corrected chi connectivity index (χ3v) is 2.63. The molecule has 0 aromatic rings. The lowest BCUT2D eigenvalue weighted by Crippen LogP contribution is -2.37. The minimum atomic E-state index is -0.505. The highest BCUT2D eigenvalue weighted by molar-refractivity contribution is 5.76. The van der Waals surface area contributed by atoms with Crippen molar-refractivity contribution in [2.75, 3.05) is 13.2 Å². The van der Waals surface area contributed by atoms with Gasteiger partial charge in [-0.25, -0.2) is 0 Å². The minimum Gasteiger partial charge on any atom is -0.464 e. The largest absolute Gasteiger partial charge is 0.464 e. The highest BCUT2D eigenvalue weighted by Gasteiger charge is 2.32. The lowest BCUT2D eigenvalue weighted by atomic mass is 9.81. The van der Waals surface area contributed by atoms with E-state index >= 15 is 0 Å². The van der Waals surface area contributed by atoms with Gasteiger partial charge < -0.3 is 15.6 Å². The van der Waals surface area contributed by atoms with Crippen molar-refractivity contribution in [2.45, 2.75) is 47.6 Å². The van der Waals surface area contributed by atoms with E-state index in [0.29, 0.717) is 0 Å². The molecule has 3 N–H and O–H groups in total. The fourth-order valence-electron chi connectivity index (χ4n) is 0.657. The average molecular weight is 233 g/mol. The van der Waals surface area contributed by atoms with Crippen molar-refractivity contribution in [3.05, 3.63) is 0 Å². The maximum atomic E-state index is 11.6. The van der Waals surface area contributed by atoms with Crippen LogP contribution in [0.5, 0.6) is 0 Å². The summed E-state index contributed by atoms with van der Waals surface area (Å²) in [7, 11) is 0. The lowest BCUT2D eigenvalue weighted by molar-refractivity contribution is -0.157. The van der Waals surface area contributed by atoms with Crippen molar-refractivity contribution in [3.63, 3.8) is 0 Å². The molecule has 0 spiro atoms. The molecule has 0 bridgehead atoms. The van der Waals surface area contributed by atoms with Gasteiger partial charge in [0, 0.05) is 0 Å². The van der Waals surface area contributed by atoms with Gasteiger partial charge in [-0.15, -0.1) is 0 Å². The quantitative estimate of drug-likeness (QED) is 0.707. The SMILES string of the molecule is CC.CC(C)C(C)(C)C(=O)OCC(N)CO. The van der Waals surface area contributed by atoms with Crippen molar-refractivity contribution in [3.8, 4) is 0 Å². The van der Waals surface area contributed by atoms with Crippen LogP contribution in [0.2, 0.25) is 0 Å². The zero-order valence-corrected chi connectivity index (χ0v) is 11.4. The zero-order chi connectivity index (χ0) is 13.4. The van der Waals surface area contributed by atoms with Crippen LogP contribution in [0.3, 0.4) is 0 Å². The van der Waals surface area contributed by atoms with Crippen LogP contribution in [0, 0.1) is 11.3 Å². The Morgan fingerprint density at radius 3 is 2.12 bits per heavy atom. The van der Waals surface area contributed by atoms with E-state index in [-0.39, 0.29) is 25.1 Å². The number of aliphatic hydroxyl groups is 1. The van der Waals surface area contributed by atoms with Crippen LogP contribution in [0.4, 0.5) is 0 Å². The minimum absolute atomic E-state index is 0.0749. The van der Waals surface area contributed by atoms with Crippen LogP contribution in [0.1, 0.15) is 41.5 Å². The molecule has 0 aliphatic carbocycles. The van der Waals surface area contributed by atoms with Gasteiger partial charge in [-0.2, -0.15) is 0 Å². The Labute approximate surface area is 99.2 Å². The molecule has 16 heavy (non-hydrogen) atoms. The number of hydrogen-bond donors (Lipinski definition) is 2. The molecule has 0 rings (SSSR count). The van der Waals surface area contributed by atoms with Crippen molar-refractivity contribution in [1.82, 2.24) is 0 Å². The number of ether oxygens (including phenoxy) is 1. The second-order valence-electron chi connectivity index (χ2n) is 4.42. The molecule has 4 heteroatoms. The van der Waals surface area contributed by atoms with Crippen LogP contribution in [0.25, 0.3) is 0 Å². The fraction of sp³-hybridized carbons (Fsp3) is 0.917. The molecule has 0 aliphatic heterocycles. The van der Waals surface area contributed by atoms with E-state index in [1.54, 1.807) is 0 Å². The van der Waals surface area contributed by atoms with Crippen molar-refractivity contribution < 1.29 is 14.6 Å². The Kier molecular flexibility index (Phi) is 9.48. The standard InChI is InChI=1S/C10H21NO3.C2H6/c1-7(2)10(3,4)9(13)14-6-8(11)5-12;1-2/h7-8,12H,5-6,11H2,1-4H3;1-2H3. The van der Waals surface area contributed by atoms with Crippen LogP contribution >= 0.6 is 0 Å². The molecular weight excluding hydrogens is 206 g/mol. The van der Waals surface area contributed by atoms with Crippen molar-refractivity contribution in [1.29, 1.82) is 0 Å². The number of carbonyl (C=O) groups is 1. The first-order valence-corrected chi connectivity index (χ1v) is 5.86.